The molecule has 0 radical (unpaired) electrons. The maximum atomic E-state index is 12.7. The van der Waals surface area contributed by atoms with E-state index >= 15 is 0 Å². The minimum atomic E-state index is -6.00. The largest absolute Gasteiger partial charge is 0.488 e. The van der Waals surface area contributed by atoms with Crippen LogP contribution in [0.2, 0.25) is 0 Å². The zero-order valence-corrected chi connectivity index (χ0v) is 31.6. The first-order valence-electron chi connectivity index (χ1n) is 15.8. The normalized spacial score (nSPS) is 26.4. The van der Waals surface area contributed by atoms with Gasteiger partial charge in [-0.25, -0.2) is 31.4 Å². The van der Waals surface area contributed by atoms with Crippen LogP contribution in [-0.2, 0) is 55.0 Å². The van der Waals surface area contributed by atoms with Gasteiger partial charge in [0.2, 0.25) is 11.5 Å². The Hall–Kier alpha value is -3.42. The SMILES string of the molecule is CC1C[C@@H]1Nc1nc2c(c(=O)[nH]1)n(C)c[n+]2CCCS(=O)(=O)CP(=O)(O)OP(=O)(O)OP(=O)(O)OCC1OC(n2cnc3c(=O)[nH]c(N)nc32)C(O)C1O. The summed E-state index contributed by atoms with van der Waals surface area (Å²) >= 11 is 0. The average Bonchev–Trinajstić information content (AvgIpc) is 3.28. The Morgan fingerprint density at radius 3 is 2.48 bits per heavy atom. The number of phosphoric ester groups is 1. The van der Waals surface area contributed by atoms with Crippen molar-refractivity contribution in [2.45, 2.75) is 56.9 Å². The van der Waals surface area contributed by atoms with Gasteiger partial charge >= 0.3 is 28.9 Å². The van der Waals surface area contributed by atoms with Gasteiger partial charge in [0.1, 0.15) is 18.3 Å². The van der Waals surface area contributed by atoms with Gasteiger partial charge in [0.25, 0.3) is 17.1 Å². The van der Waals surface area contributed by atoms with Gasteiger partial charge in [0.05, 0.1) is 32.3 Å². The van der Waals surface area contributed by atoms with E-state index in [1.807, 2.05) is 6.92 Å². The van der Waals surface area contributed by atoms with Gasteiger partial charge in [-0.3, -0.25) is 37.8 Å². The minimum Gasteiger partial charge on any atom is -0.387 e. The number of aryl methyl sites for hydroxylation is 2. The van der Waals surface area contributed by atoms with Crippen LogP contribution in [0, 0.1) is 5.92 Å². The number of fused-ring (bicyclic) bond motifs is 2. The number of H-pyrrole nitrogens is 2. The molecule has 1 saturated heterocycles. The molecule has 0 bridgehead atoms. The lowest BCUT2D eigenvalue weighted by atomic mass is 10.1. The molecule has 1 aliphatic carbocycles. The Morgan fingerprint density at radius 1 is 1.09 bits per heavy atom. The van der Waals surface area contributed by atoms with Crippen LogP contribution in [0.4, 0.5) is 11.9 Å². The highest BCUT2D eigenvalue weighted by Gasteiger charge is 2.47. The van der Waals surface area contributed by atoms with E-state index in [1.54, 1.807) is 7.05 Å². The lowest BCUT2D eigenvalue weighted by Crippen LogP contribution is -2.35. The van der Waals surface area contributed by atoms with E-state index < -0.39 is 86.6 Å². The van der Waals surface area contributed by atoms with Crippen LogP contribution in [0.25, 0.3) is 22.3 Å². The van der Waals surface area contributed by atoms with Crippen molar-refractivity contribution in [2.24, 2.45) is 13.0 Å². The molecule has 6 rings (SSSR count). The summed E-state index contributed by atoms with van der Waals surface area (Å²) in [7, 11) is -20.2. The average molecular weight is 846 g/mol. The van der Waals surface area contributed by atoms with Crippen molar-refractivity contribution in [3.05, 3.63) is 33.4 Å². The van der Waals surface area contributed by atoms with E-state index in [-0.39, 0.29) is 53.2 Å². The van der Waals surface area contributed by atoms with E-state index in [4.69, 9.17) is 10.5 Å². The number of aliphatic hydroxyl groups excluding tert-OH is 2. The summed E-state index contributed by atoms with van der Waals surface area (Å²) in [5.74, 6) is -0.399. The van der Waals surface area contributed by atoms with Gasteiger partial charge in [-0.05, 0) is 18.8 Å². The molecule has 5 heterocycles. The molecule has 0 aromatic carbocycles. The van der Waals surface area contributed by atoms with Crippen LogP contribution < -0.4 is 26.7 Å². The quantitative estimate of drug-likeness (QED) is 0.0431. The number of phosphoric acid groups is 2. The second-order valence-corrected chi connectivity index (χ2v) is 20.4. The molecule has 4 aromatic rings. The molecule has 2 fully saturated rings. The first-order chi connectivity index (χ1) is 25.0. The number of aromatic amines is 2. The van der Waals surface area contributed by atoms with Crippen LogP contribution in [0.1, 0.15) is 26.0 Å². The molecular weight excluding hydrogens is 809 g/mol. The monoisotopic (exact) mass is 845 g/mol. The summed E-state index contributed by atoms with van der Waals surface area (Å²) in [5, 5.41) is 24.1. The number of aliphatic hydroxyl groups is 2. The number of sulfone groups is 1. The summed E-state index contributed by atoms with van der Waals surface area (Å²) in [6.07, 6.45) is -3.40. The van der Waals surface area contributed by atoms with Crippen LogP contribution >= 0.6 is 23.2 Å². The lowest BCUT2D eigenvalue weighted by molar-refractivity contribution is -0.673. The Kier molecular flexibility index (Phi) is 10.9. The fourth-order valence-corrected chi connectivity index (χ4v) is 12.7. The highest BCUT2D eigenvalue weighted by molar-refractivity contribution is 7.98. The summed E-state index contributed by atoms with van der Waals surface area (Å²) in [5.41, 5.74) is 2.82. The molecule has 0 spiro atoms. The highest BCUT2D eigenvalue weighted by atomic mass is 32.2. The molecule has 1 aliphatic heterocycles. The topological polar surface area (TPSA) is 380 Å². The summed E-state index contributed by atoms with van der Waals surface area (Å²) < 4.78 is 85.2. The number of anilines is 2. The maximum Gasteiger partial charge on any atom is 0.488 e. The molecule has 9 atom stereocenters. The van der Waals surface area contributed by atoms with E-state index in [0.717, 1.165) is 17.3 Å². The third kappa shape index (κ3) is 8.99. The number of nitrogens with two attached hydrogens (primary N) is 1. The van der Waals surface area contributed by atoms with E-state index in [0.29, 0.717) is 5.92 Å². The molecule has 2 aliphatic rings. The van der Waals surface area contributed by atoms with Crippen molar-refractivity contribution in [3.8, 4) is 0 Å². The standard InChI is InChI=1S/C24H35N10O16P3S/c1-11-6-12(11)27-24-29-19-15(21(38)31-24)32(2)9-33(19)4-3-5-54(45,46)10-51(39,40)49-53(43,44)50-52(41,42)47-7-13-16(35)17(36)22(48-13)34-8-26-14-18(34)28-23(25)30-20(14)37/h8-9,11-13,16-17,22,35-36H,3-7,10H2,1-2H3,(H7-,25,27,28,29,30,31,37,38,39,40,41,42,43,44)/p+1/t11?,12-,13?,16?,17?,22?/m0/s1. The Bertz CT molecular complexity index is 2470. The van der Waals surface area contributed by atoms with E-state index in [1.165, 1.54) is 15.5 Å². The molecule has 30 heteroatoms. The second-order valence-electron chi connectivity index (χ2n) is 12.8. The zero-order valence-electron chi connectivity index (χ0n) is 28.1. The smallest absolute Gasteiger partial charge is 0.387 e. The van der Waals surface area contributed by atoms with Crippen LogP contribution in [0.15, 0.2) is 22.2 Å². The van der Waals surface area contributed by atoms with Crippen LogP contribution in [0.3, 0.4) is 0 Å². The molecule has 10 N–H and O–H groups in total. The fraction of sp³-hybridized carbons (Fsp3) is 0.583. The first-order valence-corrected chi connectivity index (χ1v) is 22.4. The molecule has 26 nitrogen and oxygen atoms in total. The number of nitrogens with one attached hydrogen (secondary N) is 3. The third-order valence-electron chi connectivity index (χ3n) is 8.36. The molecular formula is C24H36N10O16P3S+. The first kappa shape index (κ1) is 40.2. The number of nitrogens with zero attached hydrogens (tertiary/aromatic N) is 6. The second kappa shape index (κ2) is 14.6. The number of imidazole rings is 2. The maximum absolute atomic E-state index is 12.7. The predicted octanol–water partition coefficient (Wildman–Crippen LogP) is -2.10. The Morgan fingerprint density at radius 2 is 1.80 bits per heavy atom. The van der Waals surface area contributed by atoms with Gasteiger partial charge in [-0.2, -0.15) is 9.29 Å². The van der Waals surface area contributed by atoms with Crippen LogP contribution in [0.5, 0.6) is 0 Å². The van der Waals surface area contributed by atoms with E-state index in [2.05, 4.69) is 43.4 Å². The highest BCUT2D eigenvalue weighted by Crippen LogP contribution is 2.67. The van der Waals surface area contributed by atoms with Crippen molar-refractivity contribution in [1.82, 2.24) is 34.1 Å². The summed E-state index contributed by atoms with van der Waals surface area (Å²) in [6.45, 7) is 0.917. The van der Waals surface area contributed by atoms with Crippen molar-refractivity contribution < 1.29 is 69.5 Å². The van der Waals surface area contributed by atoms with Gasteiger partial charge in [0, 0.05) is 6.04 Å². The third-order valence-corrected chi connectivity index (χ3v) is 16.1. The van der Waals surface area contributed by atoms with Crippen molar-refractivity contribution in [3.63, 3.8) is 0 Å². The van der Waals surface area contributed by atoms with Crippen LogP contribution in [-0.4, -0.2) is 110 Å². The van der Waals surface area contributed by atoms with Gasteiger partial charge in [-0.15, -0.1) is 0 Å². The molecule has 1 saturated carbocycles. The Balaban J connectivity index is 1.02. The lowest BCUT2D eigenvalue weighted by Gasteiger charge is -2.20. The molecule has 0 amide bonds. The van der Waals surface area contributed by atoms with Crippen molar-refractivity contribution >= 4 is 67.3 Å². The summed E-state index contributed by atoms with van der Waals surface area (Å²) in [4.78, 5) is 71.9. The van der Waals surface area contributed by atoms with Crippen molar-refractivity contribution in [2.75, 3.05) is 28.9 Å². The fourth-order valence-electron chi connectivity index (χ4n) is 5.74. The summed E-state index contributed by atoms with van der Waals surface area (Å²) in [6, 6.07) is 0.148. The Labute approximate surface area is 302 Å². The predicted molar refractivity (Wildman–Crippen MR) is 182 cm³/mol. The molecule has 54 heavy (non-hydrogen) atoms. The molecule has 8 unspecified atom stereocenters. The zero-order chi connectivity index (χ0) is 39.5. The molecule has 4 aromatic heterocycles. The van der Waals surface area contributed by atoms with E-state index in [9.17, 15) is 56.6 Å². The van der Waals surface area contributed by atoms with Gasteiger partial charge < -0.3 is 40.7 Å². The van der Waals surface area contributed by atoms with Crippen molar-refractivity contribution in [1.29, 1.82) is 0 Å². The number of hydrogen-bond donors (Lipinski definition) is 9. The minimum absolute atomic E-state index is 0.0169. The number of rotatable bonds is 16. The number of aromatic nitrogens is 8. The number of hydrogen-bond acceptors (Lipinski definition) is 18. The molecule has 298 valence electrons. The van der Waals surface area contributed by atoms with Gasteiger partial charge in [0.15, 0.2) is 39.1 Å². The van der Waals surface area contributed by atoms with Gasteiger partial charge in [-0.1, -0.05) is 11.9 Å². The number of nitrogen functional groups attached to an aromatic ring is 1. The number of ether oxygens (including phenoxy) is 1.